The topological polar surface area (TPSA) is 33.2 Å². The summed E-state index contributed by atoms with van der Waals surface area (Å²) in [7, 11) is 0. The summed E-state index contributed by atoms with van der Waals surface area (Å²) in [6, 6.07) is 0. The van der Waals surface area contributed by atoms with Crippen LogP contribution in [0.5, 0.6) is 0 Å². The number of aromatic nitrogens is 1. The number of rotatable bonds is 2. The summed E-state index contributed by atoms with van der Waals surface area (Å²) in [6.45, 7) is 13.1. The Hall–Kier alpha value is -0.900. The molecule has 0 unspecified atom stereocenters. The van der Waals surface area contributed by atoms with Crippen molar-refractivity contribution in [3.63, 3.8) is 0 Å². The number of carbonyl (C=O) groups is 1. The third-order valence-corrected chi connectivity index (χ3v) is 4.89. The van der Waals surface area contributed by atoms with Crippen molar-refractivity contribution in [2.45, 2.75) is 52.9 Å². The molecule has 1 aromatic heterocycles. The van der Waals surface area contributed by atoms with E-state index in [0.29, 0.717) is 5.41 Å². The number of nitrogens with zero attached hydrogens (tertiary/aromatic N) is 2. The smallest absolute Gasteiger partial charge is 0.186 e. The van der Waals surface area contributed by atoms with Crippen molar-refractivity contribution in [1.29, 1.82) is 0 Å². The first-order valence-corrected chi connectivity index (χ1v) is 7.76. The van der Waals surface area contributed by atoms with Gasteiger partial charge >= 0.3 is 0 Å². The van der Waals surface area contributed by atoms with Gasteiger partial charge in [0.2, 0.25) is 0 Å². The molecule has 1 aliphatic rings. The molecular weight excluding hydrogens is 256 g/mol. The van der Waals surface area contributed by atoms with Gasteiger partial charge in [-0.3, -0.25) is 4.79 Å². The van der Waals surface area contributed by atoms with E-state index in [9.17, 15) is 4.79 Å². The van der Waals surface area contributed by atoms with Crippen molar-refractivity contribution >= 4 is 22.8 Å². The molecular formula is C15H24N2OS. The summed E-state index contributed by atoms with van der Waals surface area (Å²) < 4.78 is 0. The minimum absolute atomic E-state index is 0.0694. The molecule has 0 saturated carbocycles. The largest absolute Gasteiger partial charge is 0.348 e. The molecule has 1 aliphatic heterocycles. The van der Waals surface area contributed by atoms with Gasteiger partial charge in [0.25, 0.3) is 0 Å². The molecule has 2 heterocycles. The Kier molecular flexibility index (Phi) is 3.74. The fourth-order valence-electron chi connectivity index (χ4n) is 2.38. The van der Waals surface area contributed by atoms with Gasteiger partial charge in [0.1, 0.15) is 0 Å². The van der Waals surface area contributed by atoms with Crippen LogP contribution >= 0.6 is 11.3 Å². The zero-order valence-corrected chi connectivity index (χ0v) is 13.4. The minimum atomic E-state index is -0.0694. The number of thiazole rings is 1. The summed E-state index contributed by atoms with van der Waals surface area (Å²) in [6.07, 6.45) is 3.33. The van der Waals surface area contributed by atoms with E-state index in [-0.39, 0.29) is 5.41 Å². The van der Waals surface area contributed by atoms with Gasteiger partial charge in [0.15, 0.2) is 11.4 Å². The molecule has 0 atom stereocenters. The normalized spacial score (nSPS) is 19.5. The Morgan fingerprint density at radius 1 is 1.26 bits per heavy atom. The van der Waals surface area contributed by atoms with Crippen molar-refractivity contribution < 1.29 is 4.79 Å². The maximum atomic E-state index is 11.2. The zero-order valence-electron chi connectivity index (χ0n) is 12.6. The molecule has 1 saturated heterocycles. The first-order chi connectivity index (χ1) is 8.73. The second-order valence-corrected chi connectivity index (χ2v) is 8.24. The molecule has 0 spiro atoms. The van der Waals surface area contributed by atoms with Gasteiger partial charge in [-0.2, -0.15) is 0 Å². The van der Waals surface area contributed by atoms with E-state index in [1.807, 2.05) is 0 Å². The molecule has 106 valence electrons. The van der Waals surface area contributed by atoms with Gasteiger partial charge in [-0.05, 0) is 18.3 Å². The second kappa shape index (κ2) is 4.89. The van der Waals surface area contributed by atoms with Crippen LogP contribution in [0.3, 0.4) is 0 Å². The highest BCUT2D eigenvalue weighted by Crippen LogP contribution is 2.36. The van der Waals surface area contributed by atoms with Crippen molar-refractivity contribution in [1.82, 2.24) is 4.98 Å². The standard InChI is InChI=1S/C15H24N2OS/c1-14(2,3)12-11(10-18)19-13(16-12)17-8-6-15(4,5)7-9-17/h10H,6-9H2,1-5H3. The molecule has 0 radical (unpaired) electrons. The van der Waals surface area contributed by atoms with E-state index in [1.165, 1.54) is 24.2 Å². The zero-order chi connectivity index (χ0) is 14.3. The van der Waals surface area contributed by atoms with Crippen LogP contribution in [0.15, 0.2) is 0 Å². The van der Waals surface area contributed by atoms with Gasteiger partial charge in [-0.15, -0.1) is 0 Å². The third kappa shape index (κ3) is 3.16. The van der Waals surface area contributed by atoms with Gasteiger partial charge in [0, 0.05) is 18.5 Å². The van der Waals surface area contributed by atoms with Crippen LogP contribution in [0.2, 0.25) is 0 Å². The maximum absolute atomic E-state index is 11.2. The third-order valence-electron chi connectivity index (χ3n) is 3.85. The minimum Gasteiger partial charge on any atom is -0.348 e. The van der Waals surface area contributed by atoms with E-state index >= 15 is 0 Å². The number of anilines is 1. The molecule has 2 rings (SSSR count). The van der Waals surface area contributed by atoms with Crippen LogP contribution in [0.4, 0.5) is 5.13 Å². The quantitative estimate of drug-likeness (QED) is 0.771. The SMILES string of the molecule is CC1(C)CCN(c2nc(C(C)(C)C)c(C=O)s2)CC1. The van der Waals surface area contributed by atoms with Gasteiger partial charge in [-0.1, -0.05) is 46.0 Å². The lowest BCUT2D eigenvalue weighted by Crippen LogP contribution is -2.37. The summed E-state index contributed by atoms with van der Waals surface area (Å²) in [5.41, 5.74) is 1.31. The first kappa shape index (κ1) is 14.5. The van der Waals surface area contributed by atoms with Crippen LogP contribution in [0.1, 0.15) is 62.8 Å². The van der Waals surface area contributed by atoms with E-state index in [0.717, 1.165) is 35.1 Å². The van der Waals surface area contributed by atoms with Crippen LogP contribution in [-0.4, -0.2) is 24.4 Å². The van der Waals surface area contributed by atoms with Crippen molar-refractivity contribution in [2.75, 3.05) is 18.0 Å². The second-order valence-electron chi connectivity index (χ2n) is 7.23. The number of hydrogen-bond donors (Lipinski definition) is 0. The van der Waals surface area contributed by atoms with Gasteiger partial charge in [-0.25, -0.2) is 4.98 Å². The fraction of sp³-hybridized carbons (Fsp3) is 0.733. The van der Waals surface area contributed by atoms with E-state index in [1.54, 1.807) is 0 Å². The van der Waals surface area contributed by atoms with Crippen molar-refractivity contribution in [3.05, 3.63) is 10.6 Å². The Labute approximate surface area is 120 Å². The van der Waals surface area contributed by atoms with Crippen LogP contribution < -0.4 is 4.90 Å². The first-order valence-electron chi connectivity index (χ1n) is 6.94. The van der Waals surface area contributed by atoms with Crippen LogP contribution in [0.25, 0.3) is 0 Å². The summed E-state index contributed by atoms with van der Waals surface area (Å²) in [5, 5.41) is 1.02. The summed E-state index contributed by atoms with van der Waals surface area (Å²) >= 11 is 1.54. The number of aldehydes is 1. The van der Waals surface area contributed by atoms with E-state index in [4.69, 9.17) is 4.98 Å². The lowest BCUT2D eigenvalue weighted by atomic mass is 9.83. The molecule has 1 fully saturated rings. The molecule has 1 aromatic rings. The predicted octanol–water partition coefficient (Wildman–Crippen LogP) is 3.88. The number of carbonyl (C=O) groups excluding carboxylic acids is 1. The highest BCUT2D eigenvalue weighted by Gasteiger charge is 2.29. The molecule has 0 aromatic carbocycles. The molecule has 0 bridgehead atoms. The molecule has 0 aliphatic carbocycles. The van der Waals surface area contributed by atoms with Crippen LogP contribution in [0, 0.1) is 5.41 Å². The Balaban J connectivity index is 2.23. The lowest BCUT2D eigenvalue weighted by Gasteiger charge is -2.36. The molecule has 0 amide bonds. The average molecular weight is 280 g/mol. The van der Waals surface area contributed by atoms with Crippen LogP contribution in [-0.2, 0) is 5.41 Å². The molecule has 19 heavy (non-hydrogen) atoms. The Morgan fingerprint density at radius 2 is 1.84 bits per heavy atom. The van der Waals surface area contributed by atoms with Gasteiger partial charge < -0.3 is 4.90 Å². The average Bonchev–Trinajstić information content (AvgIpc) is 2.72. The Bertz CT molecular complexity index is 461. The highest BCUT2D eigenvalue weighted by atomic mass is 32.1. The molecule has 0 N–H and O–H groups in total. The number of hydrogen-bond acceptors (Lipinski definition) is 4. The predicted molar refractivity (Wildman–Crippen MR) is 81.4 cm³/mol. The Morgan fingerprint density at radius 3 is 2.26 bits per heavy atom. The monoisotopic (exact) mass is 280 g/mol. The van der Waals surface area contributed by atoms with Gasteiger partial charge in [0.05, 0.1) is 10.6 Å². The fourth-order valence-corrected chi connectivity index (χ4v) is 3.52. The molecule has 4 heteroatoms. The summed E-state index contributed by atoms with van der Waals surface area (Å²) in [5.74, 6) is 0. The van der Waals surface area contributed by atoms with Crippen molar-refractivity contribution in [3.8, 4) is 0 Å². The van der Waals surface area contributed by atoms with E-state index in [2.05, 4.69) is 39.5 Å². The highest BCUT2D eigenvalue weighted by molar-refractivity contribution is 7.17. The van der Waals surface area contributed by atoms with E-state index < -0.39 is 0 Å². The number of piperidine rings is 1. The lowest BCUT2D eigenvalue weighted by molar-refractivity contribution is 0.112. The maximum Gasteiger partial charge on any atom is 0.186 e. The summed E-state index contributed by atoms with van der Waals surface area (Å²) in [4.78, 5) is 19.1. The van der Waals surface area contributed by atoms with Crippen molar-refractivity contribution in [2.24, 2.45) is 5.41 Å². The molecule has 3 nitrogen and oxygen atoms in total.